The molecule has 8 heteroatoms. The Bertz CT molecular complexity index is 694. The van der Waals surface area contributed by atoms with Crippen molar-refractivity contribution in [3.05, 3.63) is 30.1 Å². The number of fused-ring (bicyclic) bond motifs is 1. The number of alkyl halides is 2. The van der Waals surface area contributed by atoms with Crippen molar-refractivity contribution in [3.63, 3.8) is 0 Å². The van der Waals surface area contributed by atoms with Crippen molar-refractivity contribution >= 4 is 17.3 Å². The molecule has 1 aromatic carbocycles. The third kappa shape index (κ3) is 2.51. The quantitative estimate of drug-likeness (QED) is 0.905. The van der Waals surface area contributed by atoms with E-state index in [-0.39, 0.29) is 11.5 Å². The van der Waals surface area contributed by atoms with E-state index in [1.54, 1.807) is 6.07 Å². The minimum Gasteiger partial charge on any atom is -0.395 e. The Morgan fingerprint density at radius 3 is 2.76 bits per heavy atom. The van der Waals surface area contributed by atoms with Crippen molar-refractivity contribution in [3.8, 4) is 11.5 Å². The maximum absolute atomic E-state index is 13.0. The predicted molar refractivity (Wildman–Crippen MR) is 71.8 cm³/mol. The highest BCUT2D eigenvalue weighted by Crippen LogP contribution is 2.42. The molecule has 0 atom stereocenters. The second kappa shape index (κ2) is 4.72. The first-order chi connectivity index (χ1) is 9.98. The number of ether oxygens (including phenoxy) is 2. The zero-order valence-corrected chi connectivity index (χ0v) is 11.1. The molecule has 0 spiro atoms. The van der Waals surface area contributed by atoms with Gasteiger partial charge in [-0.3, -0.25) is 0 Å². The van der Waals surface area contributed by atoms with Gasteiger partial charge >= 0.3 is 6.29 Å². The van der Waals surface area contributed by atoms with Gasteiger partial charge in [-0.05, 0) is 18.6 Å². The third-order valence-corrected chi connectivity index (χ3v) is 3.00. The molecule has 0 saturated carbocycles. The Hall–Kier alpha value is -2.64. The van der Waals surface area contributed by atoms with E-state index >= 15 is 0 Å². The van der Waals surface area contributed by atoms with Crippen LogP contribution in [0, 0.1) is 0 Å². The van der Waals surface area contributed by atoms with Crippen LogP contribution in [0.25, 0.3) is 0 Å². The molecule has 0 amide bonds. The summed E-state index contributed by atoms with van der Waals surface area (Å²) >= 11 is 0. The highest BCUT2D eigenvalue weighted by molar-refractivity contribution is 5.66. The lowest BCUT2D eigenvalue weighted by atomic mass is 10.2. The summed E-state index contributed by atoms with van der Waals surface area (Å²) < 4.78 is 34.7. The fourth-order valence-electron chi connectivity index (χ4n) is 2.05. The van der Waals surface area contributed by atoms with E-state index in [9.17, 15) is 8.78 Å². The molecule has 2 aromatic rings. The second-order valence-electron chi connectivity index (χ2n) is 4.39. The summed E-state index contributed by atoms with van der Waals surface area (Å²) in [6, 6.07) is 4.39. The predicted octanol–water partition coefficient (Wildman–Crippen LogP) is 2.69. The first-order valence-electron chi connectivity index (χ1n) is 6.25. The van der Waals surface area contributed by atoms with E-state index in [2.05, 4.69) is 24.8 Å². The van der Waals surface area contributed by atoms with Crippen molar-refractivity contribution in [2.75, 3.05) is 11.1 Å². The lowest BCUT2D eigenvalue weighted by Crippen LogP contribution is -2.25. The van der Waals surface area contributed by atoms with Crippen LogP contribution in [-0.2, 0) is 6.42 Å². The number of aromatic nitrogens is 2. The van der Waals surface area contributed by atoms with Gasteiger partial charge in [0.1, 0.15) is 18.0 Å². The summed E-state index contributed by atoms with van der Waals surface area (Å²) in [4.78, 5) is 8.02. The Labute approximate surface area is 118 Å². The molecule has 0 unspecified atom stereocenters. The van der Waals surface area contributed by atoms with Gasteiger partial charge in [-0.15, -0.1) is 8.78 Å². The minimum atomic E-state index is -3.63. The van der Waals surface area contributed by atoms with Gasteiger partial charge in [0.2, 0.25) is 0 Å². The lowest BCUT2D eigenvalue weighted by Gasteiger charge is -2.11. The number of hydrogen-bond donors (Lipinski definition) is 2. The molecule has 1 aliphatic rings. The summed E-state index contributed by atoms with van der Waals surface area (Å²) in [6.07, 6.45) is -1.66. The van der Waals surface area contributed by atoms with Gasteiger partial charge in [-0.2, -0.15) is 0 Å². The molecule has 1 aromatic heterocycles. The van der Waals surface area contributed by atoms with Crippen LogP contribution < -0.4 is 20.5 Å². The van der Waals surface area contributed by atoms with E-state index in [1.807, 2.05) is 6.92 Å². The van der Waals surface area contributed by atoms with Gasteiger partial charge in [-0.1, -0.05) is 6.92 Å². The number of nitrogens with one attached hydrogen (secondary N) is 1. The molecule has 0 radical (unpaired) electrons. The van der Waals surface area contributed by atoms with Gasteiger partial charge in [0, 0.05) is 17.3 Å². The van der Waals surface area contributed by atoms with Crippen LogP contribution in [0.3, 0.4) is 0 Å². The van der Waals surface area contributed by atoms with Crippen molar-refractivity contribution < 1.29 is 18.3 Å². The van der Waals surface area contributed by atoms with Crippen LogP contribution in [0.2, 0.25) is 0 Å². The summed E-state index contributed by atoms with van der Waals surface area (Å²) in [5, 5.41) is 3.01. The maximum Gasteiger partial charge on any atom is 0.586 e. The monoisotopic (exact) mass is 294 g/mol. The molecule has 0 aliphatic carbocycles. The van der Waals surface area contributed by atoms with Gasteiger partial charge in [-0.25, -0.2) is 9.97 Å². The molecule has 0 fully saturated rings. The van der Waals surface area contributed by atoms with Crippen LogP contribution in [0.1, 0.15) is 12.5 Å². The molecule has 6 nitrogen and oxygen atoms in total. The smallest absolute Gasteiger partial charge is 0.395 e. The molecule has 0 bridgehead atoms. The molecule has 21 heavy (non-hydrogen) atoms. The number of anilines is 3. The number of nitrogen functional groups attached to an aromatic ring is 1. The van der Waals surface area contributed by atoms with Gasteiger partial charge in [0.15, 0.2) is 11.5 Å². The Kier molecular flexibility index (Phi) is 3.00. The zero-order chi connectivity index (χ0) is 15.0. The molecule has 3 N–H and O–H groups in total. The van der Waals surface area contributed by atoms with E-state index in [0.29, 0.717) is 23.7 Å². The fourth-order valence-corrected chi connectivity index (χ4v) is 2.05. The average Bonchev–Trinajstić information content (AvgIpc) is 2.72. The SMILES string of the molecule is CCc1c(N)ncnc1Nc1ccc2c(c1)OC(F)(F)O2. The zero-order valence-electron chi connectivity index (χ0n) is 11.1. The average molecular weight is 294 g/mol. The molecular formula is C13H12F2N4O2. The Balaban J connectivity index is 1.89. The first-order valence-corrected chi connectivity index (χ1v) is 6.25. The first kappa shape index (κ1) is 13.3. The Morgan fingerprint density at radius 2 is 2.00 bits per heavy atom. The molecule has 0 saturated heterocycles. The van der Waals surface area contributed by atoms with Crippen LogP contribution in [0.4, 0.5) is 26.1 Å². The lowest BCUT2D eigenvalue weighted by molar-refractivity contribution is -0.286. The fraction of sp³-hybridized carbons (Fsp3) is 0.231. The minimum absolute atomic E-state index is 0.0107. The number of rotatable bonds is 3. The van der Waals surface area contributed by atoms with Gasteiger partial charge in [0.05, 0.1) is 0 Å². The number of hydrogen-bond acceptors (Lipinski definition) is 6. The van der Waals surface area contributed by atoms with Crippen molar-refractivity contribution in [1.29, 1.82) is 0 Å². The summed E-state index contributed by atoms with van der Waals surface area (Å²) in [5.74, 6) is 0.853. The number of halogens is 2. The van der Waals surface area contributed by atoms with Crippen LogP contribution in [-0.4, -0.2) is 16.3 Å². The maximum atomic E-state index is 13.0. The van der Waals surface area contributed by atoms with Crippen molar-refractivity contribution in [2.45, 2.75) is 19.6 Å². The van der Waals surface area contributed by atoms with Crippen LogP contribution >= 0.6 is 0 Å². The van der Waals surface area contributed by atoms with Crippen molar-refractivity contribution in [2.24, 2.45) is 0 Å². The van der Waals surface area contributed by atoms with E-state index in [4.69, 9.17) is 5.73 Å². The molecule has 3 rings (SSSR count). The van der Waals surface area contributed by atoms with Gasteiger partial charge in [0.25, 0.3) is 0 Å². The number of nitrogens with two attached hydrogens (primary N) is 1. The summed E-state index contributed by atoms with van der Waals surface area (Å²) in [6.45, 7) is 1.92. The van der Waals surface area contributed by atoms with E-state index in [0.717, 1.165) is 5.56 Å². The Morgan fingerprint density at radius 1 is 1.24 bits per heavy atom. The van der Waals surface area contributed by atoms with E-state index in [1.165, 1.54) is 18.5 Å². The summed E-state index contributed by atoms with van der Waals surface area (Å²) in [7, 11) is 0. The van der Waals surface area contributed by atoms with Crippen LogP contribution in [0.5, 0.6) is 11.5 Å². The number of benzene rings is 1. The molecule has 110 valence electrons. The molecule has 1 aliphatic heterocycles. The highest BCUT2D eigenvalue weighted by atomic mass is 19.3. The highest BCUT2D eigenvalue weighted by Gasteiger charge is 2.43. The number of nitrogens with zero attached hydrogens (tertiary/aromatic N) is 2. The normalized spacial score (nSPS) is 15.0. The second-order valence-corrected chi connectivity index (χ2v) is 4.39. The van der Waals surface area contributed by atoms with Crippen LogP contribution in [0.15, 0.2) is 24.5 Å². The largest absolute Gasteiger partial charge is 0.586 e. The standard InChI is InChI=1S/C13H12F2N4O2/c1-2-8-11(16)17-6-18-12(8)19-7-3-4-9-10(5-7)21-13(14,15)20-9/h3-6H,2H2,1H3,(H3,16,17,18,19). The van der Waals surface area contributed by atoms with Gasteiger partial charge < -0.3 is 20.5 Å². The van der Waals surface area contributed by atoms with E-state index < -0.39 is 6.29 Å². The summed E-state index contributed by atoms with van der Waals surface area (Å²) in [5.41, 5.74) is 7.06. The molecule has 2 heterocycles. The molecular weight excluding hydrogens is 282 g/mol. The topological polar surface area (TPSA) is 82.3 Å². The van der Waals surface area contributed by atoms with Crippen molar-refractivity contribution in [1.82, 2.24) is 9.97 Å². The third-order valence-electron chi connectivity index (χ3n) is 3.00.